The van der Waals surface area contributed by atoms with Crippen LogP contribution in [-0.4, -0.2) is 25.7 Å². The van der Waals surface area contributed by atoms with E-state index < -0.39 is 0 Å². The van der Waals surface area contributed by atoms with Crippen LogP contribution in [0.1, 0.15) is 152 Å². The Labute approximate surface area is 263 Å². The third-order valence-electron chi connectivity index (χ3n) is 8.08. The summed E-state index contributed by atoms with van der Waals surface area (Å²) in [5.74, 6) is -0.313. The Hall–Kier alpha value is -2.69. The van der Waals surface area contributed by atoms with Gasteiger partial charge in [-0.25, -0.2) is 4.79 Å². The molecule has 0 N–H and O–H groups in total. The minimum Gasteiger partial charge on any atom is -0.462 e. The number of nitrogens with zero attached hydrogens (tertiary/aromatic N) is 3. The van der Waals surface area contributed by atoms with Crippen molar-refractivity contribution in [1.29, 1.82) is 0 Å². The summed E-state index contributed by atoms with van der Waals surface area (Å²) < 4.78 is 5.58. The van der Waals surface area contributed by atoms with Gasteiger partial charge in [0.05, 0.1) is 24.4 Å². The van der Waals surface area contributed by atoms with E-state index in [1.54, 1.807) is 6.07 Å². The first-order valence-electron chi connectivity index (χ1n) is 17.7. The number of hydrogen-bond donors (Lipinski definition) is 0. The van der Waals surface area contributed by atoms with Crippen molar-refractivity contribution in [3.63, 3.8) is 0 Å². The summed E-state index contributed by atoms with van der Waals surface area (Å²) in [5.41, 5.74) is 3.40. The van der Waals surface area contributed by atoms with Gasteiger partial charge in [0.2, 0.25) is 0 Å². The number of anilines is 1. The molecule has 0 saturated heterocycles. The van der Waals surface area contributed by atoms with Gasteiger partial charge >= 0.3 is 5.97 Å². The number of esters is 1. The van der Waals surface area contributed by atoms with Gasteiger partial charge in [0.15, 0.2) is 0 Å². The van der Waals surface area contributed by atoms with Crippen molar-refractivity contribution in [3.05, 3.63) is 59.7 Å². The van der Waals surface area contributed by atoms with Crippen LogP contribution in [0.4, 0.5) is 11.4 Å². The van der Waals surface area contributed by atoms with E-state index in [1.165, 1.54) is 95.6 Å². The van der Waals surface area contributed by atoms with Crippen LogP contribution in [0.25, 0.3) is 0 Å². The maximum atomic E-state index is 12.7. The highest BCUT2D eigenvalue weighted by atomic mass is 16.5. The van der Waals surface area contributed by atoms with Gasteiger partial charge in [-0.15, -0.1) is 0 Å². The summed E-state index contributed by atoms with van der Waals surface area (Å²) in [6.45, 7) is 9.79. The molecule has 0 unspecified atom stereocenters. The minimum absolute atomic E-state index is 0.313. The Bertz CT molecular complexity index is 983. The quantitative estimate of drug-likeness (QED) is 0.0621. The average molecular weight is 592 g/mol. The fourth-order valence-corrected chi connectivity index (χ4v) is 5.54. The molecule has 0 aliphatic heterocycles. The number of rotatable bonds is 26. The lowest BCUT2D eigenvalue weighted by atomic mass is 10.0. The average Bonchev–Trinajstić information content (AvgIpc) is 3.03. The number of hydrogen-bond acceptors (Lipinski definition) is 5. The second kappa shape index (κ2) is 24.7. The van der Waals surface area contributed by atoms with E-state index in [9.17, 15) is 4.79 Å². The van der Waals surface area contributed by atoms with Gasteiger partial charge in [-0.2, -0.15) is 10.2 Å². The maximum absolute atomic E-state index is 12.7. The van der Waals surface area contributed by atoms with Gasteiger partial charge in [0, 0.05) is 18.8 Å². The second-order valence-corrected chi connectivity index (χ2v) is 12.0. The SMILES string of the molecule is CCCCCCCCCCCCCCCCCCOC(=O)c1ccccc1N=NCc1ccc(N(CCC)CCC)cc1. The van der Waals surface area contributed by atoms with Gasteiger partial charge in [-0.05, 0) is 49.1 Å². The molecule has 5 nitrogen and oxygen atoms in total. The number of unbranched alkanes of at least 4 members (excludes halogenated alkanes) is 15. The molecule has 2 aromatic rings. The van der Waals surface area contributed by atoms with Crippen molar-refractivity contribution in [1.82, 2.24) is 0 Å². The summed E-state index contributed by atoms with van der Waals surface area (Å²) in [6, 6.07) is 15.9. The van der Waals surface area contributed by atoms with Crippen molar-refractivity contribution >= 4 is 17.3 Å². The van der Waals surface area contributed by atoms with E-state index in [1.807, 2.05) is 18.2 Å². The molecule has 43 heavy (non-hydrogen) atoms. The zero-order valence-electron chi connectivity index (χ0n) is 27.8. The van der Waals surface area contributed by atoms with Crippen molar-refractivity contribution in [2.45, 2.75) is 143 Å². The van der Waals surface area contributed by atoms with Crippen LogP contribution in [0.5, 0.6) is 0 Å². The Kier molecular flexibility index (Phi) is 21.0. The molecule has 0 saturated carbocycles. The molecular weight excluding hydrogens is 530 g/mol. The molecule has 0 radical (unpaired) electrons. The van der Waals surface area contributed by atoms with Crippen LogP contribution < -0.4 is 4.90 Å². The Balaban J connectivity index is 1.58. The van der Waals surface area contributed by atoms with E-state index in [-0.39, 0.29) is 5.97 Å². The molecule has 0 heterocycles. The molecule has 2 rings (SSSR count). The summed E-state index contributed by atoms with van der Waals surface area (Å²) in [5, 5.41) is 8.77. The van der Waals surface area contributed by atoms with Gasteiger partial charge in [0.25, 0.3) is 0 Å². The third kappa shape index (κ3) is 16.7. The number of carbonyl (C=O) groups excluding carboxylic acids is 1. The number of carbonyl (C=O) groups is 1. The minimum atomic E-state index is -0.313. The summed E-state index contributed by atoms with van der Waals surface area (Å²) in [7, 11) is 0. The monoisotopic (exact) mass is 591 g/mol. The van der Waals surface area contributed by atoms with E-state index in [0.717, 1.165) is 44.3 Å². The number of ether oxygens (including phenoxy) is 1. The fraction of sp³-hybridized carbons (Fsp3) is 0.658. The van der Waals surface area contributed by atoms with E-state index in [0.29, 0.717) is 24.4 Å². The Morgan fingerprint density at radius 1 is 0.628 bits per heavy atom. The normalized spacial score (nSPS) is 11.3. The zero-order chi connectivity index (χ0) is 30.8. The lowest BCUT2D eigenvalue weighted by molar-refractivity contribution is 0.0498. The number of azo groups is 1. The van der Waals surface area contributed by atoms with Crippen LogP contribution in [0.2, 0.25) is 0 Å². The number of benzene rings is 2. The molecular formula is C38H61N3O2. The largest absolute Gasteiger partial charge is 0.462 e. The maximum Gasteiger partial charge on any atom is 0.340 e. The zero-order valence-corrected chi connectivity index (χ0v) is 27.8. The lowest BCUT2D eigenvalue weighted by Crippen LogP contribution is -2.24. The van der Waals surface area contributed by atoms with E-state index in [2.05, 4.69) is 60.2 Å². The highest BCUT2D eigenvalue weighted by Gasteiger charge is 2.12. The standard InChI is InChI=1S/C38H61N3O2/c1-4-7-8-9-10-11-12-13-14-15-16-17-18-19-20-23-32-43-38(42)36-24-21-22-25-37(36)40-39-33-34-26-28-35(29-27-34)41(30-5-2)31-6-3/h21-22,24-29H,4-20,23,30-33H2,1-3H3. The molecule has 2 aromatic carbocycles. The van der Waals surface area contributed by atoms with E-state index in [4.69, 9.17) is 4.74 Å². The van der Waals surface area contributed by atoms with Crippen LogP contribution >= 0.6 is 0 Å². The predicted molar refractivity (Wildman–Crippen MR) is 184 cm³/mol. The molecule has 5 heteroatoms. The van der Waals surface area contributed by atoms with Crippen LogP contribution in [0, 0.1) is 0 Å². The molecule has 0 aliphatic rings. The summed E-state index contributed by atoms with van der Waals surface area (Å²) >= 11 is 0. The molecule has 0 fully saturated rings. The van der Waals surface area contributed by atoms with Crippen molar-refractivity contribution in [2.75, 3.05) is 24.6 Å². The second-order valence-electron chi connectivity index (χ2n) is 12.0. The molecule has 0 aliphatic carbocycles. The van der Waals surface area contributed by atoms with Gasteiger partial charge < -0.3 is 9.64 Å². The van der Waals surface area contributed by atoms with Crippen molar-refractivity contribution in [2.24, 2.45) is 10.2 Å². The molecule has 0 amide bonds. The summed E-state index contributed by atoms with van der Waals surface area (Å²) in [6.07, 6.45) is 23.6. The third-order valence-corrected chi connectivity index (χ3v) is 8.08. The van der Waals surface area contributed by atoms with E-state index >= 15 is 0 Å². The highest BCUT2D eigenvalue weighted by molar-refractivity contribution is 5.94. The Morgan fingerprint density at radius 3 is 1.67 bits per heavy atom. The van der Waals surface area contributed by atoms with Crippen LogP contribution in [0.15, 0.2) is 58.8 Å². The first kappa shape index (κ1) is 36.5. The smallest absolute Gasteiger partial charge is 0.340 e. The molecule has 0 aromatic heterocycles. The van der Waals surface area contributed by atoms with Gasteiger partial charge in [-0.3, -0.25) is 0 Å². The Morgan fingerprint density at radius 2 is 1.14 bits per heavy atom. The van der Waals surface area contributed by atoms with Crippen molar-refractivity contribution in [3.8, 4) is 0 Å². The highest BCUT2D eigenvalue weighted by Crippen LogP contribution is 2.22. The summed E-state index contributed by atoms with van der Waals surface area (Å²) in [4.78, 5) is 15.2. The van der Waals surface area contributed by atoms with Crippen LogP contribution in [0.3, 0.4) is 0 Å². The first-order valence-corrected chi connectivity index (χ1v) is 17.7. The fourth-order valence-electron chi connectivity index (χ4n) is 5.54. The van der Waals surface area contributed by atoms with Gasteiger partial charge in [-0.1, -0.05) is 141 Å². The van der Waals surface area contributed by atoms with Gasteiger partial charge in [0.1, 0.15) is 0 Å². The topological polar surface area (TPSA) is 54.3 Å². The lowest BCUT2D eigenvalue weighted by Gasteiger charge is -2.23. The van der Waals surface area contributed by atoms with Crippen LogP contribution in [-0.2, 0) is 11.3 Å². The first-order chi connectivity index (χ1) is 21.2. The molecule has 0 spiro atoms. The molecule has 0 bridgehead atoms. The predicted octanol–water partition coefficient (Wildman–Crippen LogP) is 12.0. The van der Waals surface area contributed by atoms with Crippen molar-refractivity contribution < 1.29 is 9.53 Å². The molecule has 240 valence electrons. The molecule has 0 atom stereocenters.